The number of hydrogen-bond donors (Lipinski definition) is 1. The number of aliphatic hydroxyl groups excluding tert-OH is 1. The van der Waals surface area contributed by atoms with Crippen LogP contribution < -0.4 is 0 Å². The Morgan fingerprint density at radius 3 is 1.71 bits per heavy atom. The largest absolute Gasteiger partial charge is 0.412 e. The van der Waals surface area contributed by atoms with Crippen molar-refractivity contribution in [1.82, 2.24) is 4.90 Å². The van der Waals surface area contributed by atoms with Crippen molar-refractivity contribution in [3.05, 3.63) is 24.3 Å². The van der Waals surface area contributed by atoms with Crippen molar-refractivity contribution >= 4 is 0 Å². The standard InChI is InChI=1S/C13H25N.C8H12O.H2O/c1-14(12-8-4-2-5-9-12)13-10-6-3-7-11-13;1-7(9)8-5-3-2-4-6-8;/h12-13H,2-11H2,1H3;2-5,7-9H,6H2,1H3;1H2. The number of hydrogen-bond acceptors (Lipinski definition) is 2. The van der Waals surface area contributed by atoms with Crippen LogP contribution in [-0.4, -0.2) is 40.7 Å². The van der Waals surface area contributed by atoms with E-state index in [1.807, 2.05) is 25.2 Å². The minimum atomic E-state index is -0.203. The molecule has 24 heavy (non-hydrogen) atoms. The second-order valence-electron chi connectivity index (χ2n) is 7.70. The van der Waals surface area contributed by atoms with E-state index < -0.39 is 0 Å². The third-order valence-corrected chi connectivity index (χ3v) is 5.93. The van der Waals surface area contributed by atoms with Crippen molar-refractivity contribution in [3.63, 3.8) is 0 Å². The lowest BCUT2D eigenvalue weighted by Gasteiger charge is -2.39. The van der Waals surface area contributed by atoms with Crippen LogP contribution in [0, 0.1) is 5.92 Å². The van der Waals surface area contributed by atoms with Crippen LogP contribution in [-0.2, 0) is 0 Å². The highest BCUT2D eigenvalue weighted by Crippen LogP contribution is 2.28. The molecule has 3 aliphatic rings. The lowest BCUT2D eigenvalue weighted by atomic mass is 9.89. The van der Waals surface area contributed by atoms with Gasteiger partial charge in [-0.05, 0) is 46.1 Å². The van der Waals surface area contributed by atoms with E-state index in [2.05, 4.69) is 18.0 Å². The first-order chi connectivity index (χ1) is 11.2. The van der Waals surface area contributed by atoms with Gasteiger partial charge in [-0.15, -0.1) is 0 Å². The van der Waals surface area contributed by atoms with Crippen LogP contribution in [0.3, 0.4) is 0 Å². The molecule has 3 N–H and O–H groups in total. The zero-order chi connectivity index (χ0) is 16.5. The molecular formula is C21H39NO2. The van der Waals surface area contributed by atoms with Crippen molar-refractivity contribution in [2.45, 2.75) is 95.7 Å². The Kier molecular flexibility index (Phi) is 10.6. The maximum absolute atomic E-state index is 9.09. The van der Waals surface area contributed by atoms with Crippen LogP contribution in [0.1, 0.15) is 77.6 Å². The van der Waals surface area contributed by atoms with E-state index in [-0.39, 0.29) is 11.6 Å². The highest BCUT2D eigenvalue weighted by Gasteiger charge is 2.25. The average molecular weight is 338 g/mol. The van der Waals surface area contributed by atoms with Gasteiger partial charge in [-0.2, -0.15) is 0 Å². The quantitative estimate of drug-likeness (QED) is 0.836. The molecule has 0 aromatic heterocycles. The molecule has 3 rings (SSSR count). The van der Waals surface area contributed by atoms with Gasteiger partial charge < -0.3 is 15.5 Å². The molecule has 0 bridgehead atoms. The molecular weight excluding hydrogens is 298 g/mol. The summed E-state index contributed by atoms with van der Waals surface area (Å²) in [5.41, 5.74) is 0. The van der Waals surface area contributed by atoms with Gasteiger partial charge in [0, 0.05) is 18.0 Å². The van der Waals surface area contributed by atoms with Crippen molar-refractivity contribution in [2.75, 3.05) is 7.05 Å². The van der Waals surface area contributed by atoms with Crippen LogP contribution in [0.2, 0.25) is 0 Å². The van der Waals surface area contributed by atoms with Crippen molar-refractivity contribution in [1.29, 1.82) is 0 Å². The van der Waals surface area contributed by atoms with Crippen LogP contribution in [0.4, 0.5) is 0 Å². The summed E-state index contributed by atoms with van der Waals surface area (Å²) in [6, 6.07) is 1.85. The Labute approximate surface area is 149 Å². The fourth-order valence-corrected chi connectivity index (χ4v) is 4.23. The summed E-state index contributed by atoms with van der Waals surface area (Å²) in [6.07, 6.45) is 23.6. The van der Waals surface area contributed by atoms with Gasteiger partial charge in [0.1, 0.15) is 0 Å². The van der Waals surface area contributed by atoms with Crippen LogP contribution in [0.15, 0.2) is 24.3 Å². The highest BCUT2D eigenvalue weighted by molar-refractivity contribution is 5.11. The second kappa shape index (κ2) is 11.8. The van der Waals surface area contributed by atoms with Crippen LogP contribution in [0.5, 0.6) is 0 Å². The topological polar surface area (TPSA) is 55.0 Å². The van der Waals surface area contributed by atoms with Crippen molar-refractivity contribution in [3.8, 4) is 0 Å². The molecule has 0 aromatic carbocycles. The van der Waals surface area contributed by atoms with Crippen molar-refractivity contribution < 1.29 is 10.6 Å². The second-order valence-corrected chi connectivity index (χ2v) is 7.70. The summed E-state index contributed by atoms with van der Waals surface area (Å²) in [7, 11) is 2.38. The zero-order valence-electron chi connectivity index (χ0n) is 15.8. The van der Waals surface area contributed by atoms with E-state index in [1.165, 1.54) is 64.2 Å². The molecule has 0 amide bonds. The van der Waals surface area contributed by atoms with Gasteiger partial charge in [-0.25, -0.2) is 0 Å². The first kappa shape index (κ1) is 21.4. The summed E-state index contributed by atoms with van der Waals surface area (Å²) in [5.74, 6) is 0.343. The van der Waals surface area contributed by atoms with E-state index in [0.717, 1.165) is 18.5 Å². The maximum atomic E-state index is 9.09. The molecule has 0 spiro atoms. The Balaban J connectivity index is 0.000000252. The first-order valence-electron chi connectivity index (χ1n) is 9.92. The number of allylic oxidation sites excluding steroid dienone is 3. The minimum absolute atomic E-state index is 0. The summed E-state index contributed by atoms with van der Waals surface area (Å²) >= 11 is 0. The summed E-state index contributed by atoms with van der Waals surface area (Å²) in [4.78, 5) is 2.72. The van der Waals surface area contributed by atoms with Gasteiger partial charge >= 0.3 is 0 Å². The van der Waals surface area contributed by atoms with Gasteiger partial charge in [-0.1, -0.05) is 62.8 Å². The lowest BCUT2D eigenvalue weighted by molar-refractivity contribution is 0.111. The Morgan fingerprint density at radius 2 is 1.38 bits per heavy atom. The average Bonchev–Trinajstić information content (AvgIpc) is 2.64. The molecule has 2 fully saturated rings. The van der Waals surface area contributed by atoms with E-state index in [0.29, 0.717) is 5.92 Å². The predicted molar refractivity (Wildman–Crippen MR) is 103 cm³/mol. The van der Waals surface area contributed by atoms with Gasteiger partial charge in [0.05, 0.1) is 6.10 Å². The van der Waals surface area contributed by atoms with Crippen LogP contribution >= 0.6 is 0 Å². The minimum Gasteiger partial charge on any atom is -0.412 e. The molecule has 0 heterocycles. The Morgan fingerprint density at radius 1 is 0.875 bits per heavy atom. The molecule has 3 nitrogen and oxygen atoms in total. The number of nitrogens with zero attached hydrogens (tertiary/aromatic N) is 1. The first-order valence-corrected chi connectivity index (χ1v) is 9.92. The number of aliphatic hydroxyl groups is 1. The molecule has 2 unspecified atom stereocenters. The molecule has 0 aromatic rings. The molecule has 3 aliphatic carbocycles. The highest BCUT2D eigenvalue weighted by atomic mass is 16.3. The monoisotopic (exact) mass is 337 g/mol. The van der Waals surface area contributed by atoms with Gasteiger partial charge in [0.2, 0.25) is 0 Å². The SMILES string of the molecule is CC(O)C1C=CC=CC1.CN(C1CCCCC1)C1CCCCC1.O. The molecule has 3 heteroatoms. The molecule has 0 saturated heterocycles. The maximum Gasteiger partial charge on any atom is 0.0577 e. The molecule has 2 atom stereocenters. The van der Waals surface area contributed by atoms with Crippen LogP contribution in [0.25, 0.3) is 0 Å². The molecule has 2 saturated carbocycles. The van der Waals surface area contributed by atoms with Gasteiger partial charge in [0.25, 0.3) is 0 Å². The Hall–Kier alpha value is -0.640. The number of rotatable bonds is 3. The van der Waals surface area contributed by atoms with E-state index in [9.17, 15) is 0 Å². The smallest absolute Gasteiger partial charge is 0.0577 e. The fourth-order valence-electron chi connectivity index (χ4n) is 4.23. The van der Waals surface area contributed by atoms with E-state index in [4.69, 9.17) is 5.11 Å². The van der Waals surface area contributed by atoms with Gasteiger partial charge in [0.15, 0.2) is 0 Å². The fraction of sp³-hybridized carbons (Fsp3) is 0.810. The third-order valence-electron chi connectivity index (χ3n) is 5.93. The molecule has 0 radical (unpaired) electrons. The third kappa shape index (κ3) is 7.08. The van der Waals surface area contributed by atoms with E-state index in [1.54, 1.807) is 0 Å². The summed E-state index contributed by atoms with van der Waals surface area (Å²) in [5, 5.41) is 9.09. The normalized spacial score (nSPS) is 26.4. The predicted octanol–water partition coefficient (Wildman–Crippen LogP) is 4.26. The van der Waals surface area contributed by atoms with Gasteiger partial charge in [-0.3, -0.25) is 0 Å². The lowest BCUT2D eigenvalue weighted by Crippen LogP contribution is -2.42. The summed E-state index contributed by atoms with van der Waals surface area (Å²) in [6.45, 7) is 1.83. The Bertz CT molecular complexity index is 348. The van der Waals surface area contributed by atoms with Crippen molar-refractivity contribution in [2.24, 2.45) is 5.92 Å². The molecule has 0 aliphatic heterocycles. The molecule has 140 valence electrons. The zero-order valence-corrected chi connectivity index (χ0v) is 15.8. The van der Waals surface area contributed by atoms with E-state index >= 15 is 0 Å². The summed E-state index contributed by atoms with van der Waals surface area (Å²) < 4.78 is 0.